The van der Waals surface area contributed by atoms with E-state index in [1.165, 1.54) is 25.0 Å². The molecule has 0 atom stereocenters. The fourth-order valence-electron chi connectivity index (χ4n) is 2.56. The number of aryl methyl sites for hydroxylation is 1. The maximum Gasteiger partial charge on any atom is 0.293 e. The van der Waals surface area contributed by atoms with Crippen molar-refractivity contribution >= 4 is 33.2 Å². The summed E-state index contributed by atoms with van der Waals surface area (Å²) in [4.78, 5) is 23.2. The second-order valence-electron chi connectivity index (χ2n) is 6.29. The van der Waals surface area contributed by atoms with Crippen molar-refractivity contribution in [3.8, 4) is 5.75 Å². The second kappa shape index (κ2) is 10.1. The Morgan fingerprint density at radius 2 is 1.96 bits per heavy atom. The molecular formula is C20H23BrN2O4. The van der Waals surface area contributed by atoms with Gasteiger partial charge in [-0.2, -0.15) is 0 Å². The van der Waals surface area contributed by atoms with E-state index < -0.39 is 10.8 Å². The molecule has 0 bridgehead atoms. The third-order valence-corrected chi connectivity index (χ3v) is 4.67. The predicted molar refractivity (Wildman–Crippen MR) is 110 cm³/mol. The first kappa shape index (κ1) is 20.9. The van der Waals surface area contributed by atoms with Crippen molar-refractivity contribution in [1.82, 2.24) is 0 Å². The van der Waals surface area contributed by atoms with Crippen molar-refractivity contribution < 1.29 is 14.5 Å². The lowest BCUT2D eigenvalue weighted by molar-refractivity contribution is -0.384. The standard InChI is InChI=1S/C20H23BrN2O4/c1-3-4-5-6-11-27-19-10-8-15(13-16(19)21)20(24)22-17-9-7-14(2)12-18(17)23(25)26/h7-10,12-13H,3-6,11H2,1-2H3,(H,22,24). The van der Waals surface area contributed by atoms with Crippen LogP contribution in [0.1, 0.15) is 48.5 Å². The Kier molecular flexibility index (Phi) is 7.79. The summed E-state index contributed by atoms with van der Waals surface area (Å²) in [7, 11) is 0. The third-order valence-electron chi connectivity index (χ3n) is 4.05. The minimum Gasteiger partial charge on any atom is -0.492 e. The van der Waals surface area contributed by atoms with Gasteiger partial charge in [-0.1, -0.05) is 32.3 Å². The molecule has 0 aromatic heterocycles. The summed E-state index contributed by atoms with van der Waals surface area (Å²) in [6.45, 7) is 4.54. The molecule has 6 nitrogen and oxygen atoms in total. The number of nitrogens with zero attached hydrogens (tertiary/aromatic N) is 1. The summed E-state index contributed by atoms with van der Waals surface area (Å²) < 4.78 is 6.40. The van der Waals surface area contributed by atoms with Crippen molar-refractivity contribution in [1.29, 1.82) is 0 Å². The number of halogens is 1. The SMILES string of the molecule is CCCCCCOc1ccc(C(=O)Nc2ccc(C)cc2[N+](=O)[O-])cc1Br. The van der Waals surface area contributed by atoms with E-state index in [2.05, 4.69) is 28.2 Å². The molecule has 2 rings (SSSR count). The first-order valence-corrected chi connectivity index (χ1v) is 9.70. The number of rotatable bonds is 9. The first-order chi connectivity index (χ1) is 12.9. The fourth-order valence-corrected chi connectivity index (χ4v) is 3.06. The van der Waals surface area contributed by atoms with E-state index >= 15 is 0 Å². The van der Waals surface area contributed by atoms with Gasteiger partial charge in [0.1, 0.15) is 11.4 Å². The monoisotopic (exact) mass is 434 g/mol. The van der Waals surface area contributed by atoms with E-state index in [9.17, 15) is 14.9 Å². The van der Waals surface area contributed by atoms with E-state index in [1.54, 1.807) is 31.2 Å². The number of carbonyl (C=O) groups excluding carboxylic acids is 1. The van der Waals surface area contributed by atoms with Crippen LogP contribution >= 0.6 is 15.9 Å². The molecule has 144 valence electrons. The molecule has 7 heteroatoms. The molecular weight excluding hydrogens is 412 g/mol. The smallest absolute Gasteiger partial charge is 0.293 e. The Bertz CT molecular complexity index is 824. The summed E-state index contributed by atoms with van der Waals surface area (Å²) in [5, 5.41) is 13.8. The normalized spacial score (nSPS) is 10.5. The maximum atomic E-state index is 12.5. The van der Waals surface area contributed by atoms with Crippen LogP contribution in [0.15, 0.2) is 40.9 Å². The molecule has 1 N–H and O–H groups in total. The van der Waals surface area contributed by atoms with Crippen LogP contribution in [-0.4, -0.2) is 17.4 Å². The van der Waals surface area contributed by atoms with Crippen LogP contribution in [0.4, 0.5) is 11.4 Å². The summed E-state index contributed by atoms with van der Waals surface area (Å²) in [6.07, 6.45) is 4.48. The largest absolute Gasteiger partial charge is 0.492 e. The van der Waals surface area contributed by atoms with Gasteiger partial charge < -0.3 is 10.1 Å². The molecule has 0 aliphatic carbocycles. The number of nitrogens with one attached hydrogen (secondary N) is 1. The van der Waals surface area contributed by atoms with Crippen LogP contribution in [0.3, 0.4) is 0 Å². The zero-order valence-corrected chi connectivity index (χ0v) is 17.0. The Balaban J connectivity index is 2.05. The van der Waals surface area contributed by atoms with Crippen molar-refractivity contribution in [3.63, 3.8) is 0 Å². The van der Waals surface area contributed by atoms with Crippen LogP contribution in [0.25, 0.3) is 0 Å². The number of nitro benzene ring substituents is 1. The molecule has 1 amide bonds. The minimum atomic E-state index is -0.506. The maximum absolute atomic E-state index is 12.5. The van der Waals surface area contributed by atoms with Crippen molar-refractivity contribution in [2.45, 2.75) is 39.5 Å². The van der Waals surface area contributed by atoms with E-state index in [4.69, 9.17) is 4.74 Å². The molecule has 2 aromatic carbocycles. The van der Waals surface area contributed by atoms with E-state index in [1.807, 2.05) is 0 Å². The lowest BCUT2D eigenvalue weighted by Crippen LogP contribution is -2.13. The lowest BCUT2D eigenvalue weighted by atomic mass is 10.1. The van der Waals surface area contributed by atoms with Crippen LogP contribution in [-0.2, 0) is 0 Å². The summed E-state index contributed by atoms with van der Waals surface area (Å²) in [6, 6.07) is 9.70. The van der Waals surface area contributed by atoms with Gasteiger partial charge in [0.2, 0.25) is 0 Å². The van der Waals surface area contributed by atoms with Crippen LogP contribution in [0.2, 0.25) is 0 Å². The van der Waals surface area contributed by atoms with Crippen LogP contribution in [0, 0.1) is 17.0 Å². The molecule has 0 unspecified atom stereocenters. The zero-order valence-electron chi connectivity index (χ0n) is 15.5. The highest BCUT2D eigenvalue weighted by atomic mass is 79.9. The third kappa shape index (κ3) is 6.06. The highest BCUT2D eigenvalue weighted by Gasteiger charge is 2.17. The fraction of sp³-hybridized carbons (Fsp3) is 0.350. The van der Waals surface area contributed by atoms with Crippen LogP contribution < -0.4 is 10.1 Å². The lowest BCUT2D eigenvalue weighted by Gasteiger charge is -2.10. The van der Waals surface area contributed by atoms with E-state index in [-0.39, 0.29) is 11.4 Å². The van der Waals surface area contributed by atoms with Gasteiger partial charge in [0.05, 0.1) is 16.0 Å². The van der Waals surface area contributed by atoms with Crippen LogP contribution in [0.5, 0.6) is 5.75 Å². The minimum absolute atomic E-state index is 0.130. The number of ether oxygens (including phenoxy) is 1. The number of amides is 1. The Labute approximate surface area is 167 Å². The molecule has 0 radical (unpaired) electrons. The number of benzene rings is 2. The topological polar surface area (TPSA) is 81.5 Å². The van der Waals surface area contributed by atoms with Gasteiger partial charge in [0, 0.05) is 11.6 Å². The van der Waals surface area contributed by atoms with Gasteiger partial charge in [-0.25, -0.2) is 0 Å². The Hall–Kier alpha value is -2.41. The molecule has 2 aromatic rings. The molecule has 0 saturated heterocycles. The van der Waals surface area contributed by atoms with Gasteiger partial charge in [-0.05, 0) is 59.1 Å². The predicted octanol–water partition coefficient (Wildman–Crippen LogP) is 5.88. The Morgan fingerprint density at radius 3 is 2.63 bits per heavy atom. The van der Waals surface area contributed by atoms with E-state index in [0.29, 0.717) is 22.4 Å². The number of anilines is 1. The quantitative estimate of drug-likeness (QED) is 0.303. The highest BCUT2D eigenvalue weighted by molar-refractivity contribution is 9.10. The molecule has 0 heterocycles. The van der Waals surface area contributed by atoms with Gasteiger partial charge in [0.15, 0.2) is 0 Å². The zero-order chi connectivity index (χ0) is 19.8. The summed E-state index contributed by atoms with van der Waals surface area (Å²) in [5.74, 6) is 0.251. The van der Waals surface area contributed by atoms with Crippen molar-refractivity contribution in [2.24, 2.45) is 0 Å². The average Bonchev–Trinajstić information content (AvgIpc) is 2.63. The van der Waals surface area contributed by atoms with Crippen molar-refractivity contribution in [3.05, 3.63) is 62.1 Å². The second-order valence-corrected chi connectivity index (χ2v) is 7.14. The summed E-state index contributed by atoms with van der Waals surface area (Å²) in [5.41, 5.74) is 1.18. The Morgan fingerprint density at radius 1 is 1.19 bits per heavy atom. The molecule has 0 fully saturated rings. The van der Waals surface area contributed by atoms with Gasteiger partial charge in [0.25, 0.3) is 11.6 Å². The number of nitro groups is 1. The number of carbonyl (C=O) groups is 1. The average molecular weight is 435 g/mol. The summed E-state index contributed by atoms with van der Waals surface area (Å²) >= 11 is 3.42. The number of hydrogen-bond donors (Lipinski definition) is 1. The molecule has 0 saturated carbocycles. The number of hydrogen-bond acceptors (Lipinski definition) is 4. The van der Waals surface area contributed by atoms with Gasteiger partial charge in [-0.3, -0.25) is 14.9 Å². The first-order valence-electron chi connectivity index (χ1n) is 8.91. The highest BCUT2D eigenvalue weighted by Crippen LogP contribution is 2.29. The van der Waals surface area contributed by atoms with Crippen molar-refractivity contribution in [2.75, 3.05) is 11.9 Å². The number of unbranched alkanes of at least 4 members (excludes halogenated alkanes) is 3. The molecule has 0 aliphatic heterocycles. The molecule has 0 aliphatic rings. The molecule has 27 heavy (non-hydrogen) atoms. The van der Waals surface area contributed by atoms with Gasteiger partial charge in [-0.15, -0.1) is 0 Å². The van der Waals surface area contributed by atoms with Gasteiger partial charge >= 0.3 is 0 Å². The molecule has 0 spiro atoms. The van der Waals surface area contributed by atoms with E-state index in [0.717, 1.165) is 18.4 Å².